The third-order valence-corrected chi connectivity index (χ3v) is 2.18. The van der Waals surface area contributed by atoms with Gasteiger partial charge in [0, 0.05) is 0 Å². The highest BCUT2D eigenvalue weighted by Crippen LogP contribution is 2.33. The van der Waals surface area contributed by atoms with Gasteiger partial charge in [0.1, 0.15) is 6.10 Å². The maximum Gasteiger partial charge on any atom is 0.287 e. The maximum atomic E-state index is 12.8. The van der Waals surface area contributed by atoms with Gasteiger partial charge in [-0.15, -0.1) is 0 Å². The number of aliphatic hydroxyl groups is 1. The van der Waals surface area contributed by atoms with Crippen LogP contribution >= 0.6 is 0 Å². The standard InChI is InChI=1S/C6H9F2NO2/c7-6(8)2-9-4-3(10)1-11-5(4)6/h3-5,9-10H,1-2H2/t3-,4+,5-/m0/s1. The molecule has 0 aromatic carbocycles. The number of hydrogen-bond acceptors (Lipinski definition) is 3. The predicted molar refractivity (Wildman–Crippen MR) is 32.5 cm³/mol. The van der Waals surface area contributed by atoms with E-state index in [1.54, 1.807) is 0 Å². The van der Waals surface area contributed by atoms with Gasteiger partial charge in [0.05, 0.1) is 25.3 Å². The molecule has 2 aliphatic heterocycles. The molecule has 5 heteroatoms. The summed E-state index contributed by atoms with van der Waals surface area (Å²) in [6.07, 6.45) is -1.91. The number of hydrogen-bond donors (Lipinski definition) is 2. The molecule has 2 aliphatic rings. The van der Waals surface area contributed by atoms with Crippen molar-refractivity contribution in [3.05, 3.63) is 0 Å². The van der Waals surface area contributed by atoms with Crippen molar-refractivity contribution in [2.24, 2.45) is 0 Å². The normalized spacial score (nSPS) is 47.7. The molecule has 0 aromatic rings. The summed E-state index contributed by atoms with van der Waals surface area (Å²) in [6.45, 7) is -0.378. The van der Waals surface area contributed by atoms with Gasteiger partial charge in [0.25, 0.3) is 5.92 Å². The summed E-state index contributed by atoms with van der Waals surface area (Å²) in [5.74, 6) is -2.82. The number of ether oxygens (including phenoxy) is 1. The highest BCUT2D eigenvalue weighted by atomic mass is 19.3. The van der Waals surface area contributed by atoms with Crippen LogP contribution in [0.5, 0.6) is 0 Å². The van der Waals surface area contributed by atoms with Crippen LogP contribution in [-0.2, 0) is 4.74 Å². The average molecular weight is 165 g/mol. The van der Waals surface area contributed by atoms with Crippen molar-refractivity contribution in [3.63, 3.8) is 0 Å². The smallest absolute Gasteiger partial charge is 0.287 e. The van der Waals surface area contributed by atoms with E-state index in [9.17, 15) is 8.78 Å². The Kier molecular flexibility index (Phi) is 1.42. The minimum absolute atomic E-state index is 0.0118. The van der Waals surface area contributed by atoms with Crippen LogP contribution in [0.2, 0.25) is 0 Å². The van der Waals surface area contributed by atoms with Gasteiger partial charge in [-0.25, -0.2) is 8.78 Å². The lowest BCUT2D eigenvalue weighted by Gasteiger charge is -2.14. The highest BCUT2D eigenvalue weighted by molar-refractivity contribution is 5.04. The second-order valence-electron chi connectivity index (χ2n) is 2.99. The van der Waals surface area contributed by atoms with E-state index in [1.807, 2.05) is 0 Å². The van der Waals surface area contributed by atoms with Crippen molar-refractivity contribution >= 4 is 0 Å². The van der Waals surface area contributed by atoms with Crippen molar-refractivity contribution < 1.29 is 18.6 Å². The molecule has 0 bridgehead atoms. The van der Waals surface area contributed by atoms with Crippen molar-refractivity contribution in [1.29, 1.82) is 0 Å². The SMILES string of the molecule is O[C@H]1CO[C@H]2[C@@H]1NCC2(F)F. The highest BCUT2D eigenvalue weighted by Gasteiger charge is 2.56. The predicted octanol–water partition coefficient (Wildman–Crippen LogP) is -0.647. The molecule has 0 saturated carbocycles. The number of fused-ring (bicyclic) bond motifs is 1. The van der Waals surface area contributed by atoms with Crippen LogP contribution in [-0.4, -0.2) is 42.4 Å². The molecule has 0 aliphatic carbocycles. The Morgan fingerprint density at radius 2 is 2.27 bits per heavy atom. The molecular weight excluding hydrogens is 156 g/mol. The molecule has 0 aromatic heterocycles. The third-order valence-electron chi connectivity index (χ3n) is 2.18. The molecular formula is C6H9F2NO2. The van der Waals surface area contributed by atoms with E-state index in [1.165, 1.54) is 0 Å². The number of halogens is 2. The minimum Gasteiger partial charge on any atom is -0.389 e. The zero-order valence-corrected chi connectivity index (χ0v) is 5.76. The van der Waals surface area contributed by atoms with E-state index in [0.717, 1.165) is 0 Å². The molecule has 0 amide bonds. The first-order valence-corrected chi connectivity index (χ1v) is 3.52. The molecule has 3 nitrogen and oxygen atoms in total. The zero-order chi connectivity index (χ0) is 8.06. The molecule has 11 heavy (non-hydrogen) atoms. The van der Waals surface area contributed by atoms with Gasteiger partial charge in [-0.1, -0.05) is 0 Å². The van der Waals surface area contributed by atoms with E-state index < -0.39 is 24.2 Å². The summed E-state index contributed by atoms with van der Waals surface area (Å²) >= 11 is 0. The molecule has 2 heterocycles. The summed E-state index contributed by atoms with van der Waals surface area (Å²) in [5, 5.41) is 11.6. The lowest BCUT2D eigenvalue weighted by Crippen LogP contribution is -2.38. The molecule has 0 radical (unpaired) electrons. The fourth-order valence-electron chi connectivity index (χ4n) is 1.59. The Morgan fingerprint density at radius 3 is 2.91 bits per heavy atom. The third kappa shape index (κ3) is 0.953. The van der Waals surface area contributed by atoms with Crippen LogP contribution in [0.4, 0.5) is 8.78 Å². The van der Waals surface area contributed by atoms with Gasteiger partial charge in [-0.2, -0.15) is 0 Å². The van der Waals surface area contributed by atoms with E-state index in [2.05, 4.69) is 5.32 Å². The number of alkyl halides is 2. The summed E-state index contributed by atoms with van der Waals surface area (Å²) < 4.78 is 30.3. The molecule has 2 rings (SSSR count). The van der Waals surface area contributed by atoms with Crippen LogP contribution < -0.4 is 5.32 Å². The van der Waals surface area contributed by atoms with Gasteiger partial charge in [0.2, 0.25) is 0 Å². The maximum absolute atomic E-state index is 12.8. The largest absolute Gasteiger partial charge is 0.389 e. The fourth-order valence-corrected chi connectivity index (χ4v) is 1.59. The van der Waals surface area contributed by atoms with Gasteiger partial charge >= 0.3 is 0 Å². The second kappa shape index (κ2) is 2.12. The van der Waals surface area contributed by atoms with Gasteiger partial charge in [-0.3, -0.25) is 0 Å². The van der Waals surface area contributed by atoms with Gasteiger partial charge in [0.15, 0.2) is 0 Å². The quantitative estimate of drug-likeness (QED) is 0.501. The second-order valence-corrected chi connectivity index (χ2v) is 2.99. The topological polar surface area (TPSA) is 41.5 Å². The van der Waals surface area contributed by atoms with Crippen LogP contribution in [0.3, 0.4) is 0 Å². The van der Waals surface area contributed by atoms with E-state index in [4.69, 9.17) is 9.84 Å². The number of aliphatic hydroxyl groups excluding tert-OH is 1. The zero-order valence-electron chi connectivity index (χ0n) is 5.76. The monoisotopic (exact) mass is 165 g/mol. The first-order valence-electron chi connectivity index (χ1n) is 3.52. The van der Waals surface area contributed by atoms with Crippen molar-refractivity contribution in [2.75, 3.05) is 13.2 Å². The molecule has 64 valence electrons. The van der Waals surface area contributed by atoms with E-state index in [-0.39, 0.29) is 13.2 Å². The van der Waals surface area contributed by atoms with Gasteiger partial charge < -0.3 is 15.2 Å². The van der Waals surface area contributed by atoms with Crippen molar-refractivity contribution in [3.8, 4) is 0 Å². The molecule has 2 saturated heterocycles. The Bertz CT molecular complexity index is 176. The van der Waals surface area contributed by atoms with Crippen molar-refractivity contribution in [1.82, 2.24) is 5.32 Å². The summed E-state index contributed by atoms with van der Waals surface area (Å²) in [4.78, 5) is 0. The fraction of sp³-hybridized carbons (Fsp3) is 1.00. The Hall–Kier alpha value is -0.260. The van der Waals surface area contributed by atoms with Crippen LogP contribution in [0.25, 0.3) is 0 Å². The van der Waals surface area contributed by atoms with Crippen LogP contribution in [0, 0.1) is 0 Å². The van der Waals surface area contributed by atoms with E-state index >= 15 is 0 Å². The van der Waals surface area contributed by atoms with Crippen molar-refractivity contribution in [2.45, 2.75) is 24.2 Å². The van der Waals surface area contributed by atoms with E-state index in [0.29, 0.717) is 0 Å². The van der Waals surface area contributed by atoms with Crippen LogP contribution in [0.1, 0.15) is 0 Å². The minimum atomic E-state index is -2.82. The first kappa shape index (κ1) is 7.39. The van der Waals surface area contributed by atoms with Crippen LogP contribution in [0.15, 0.2) is 0 Å². The lowest BCUT2D eigenvalue weighted by atomic mass is 10.1. The Morgan fingerprint density at radius 1 is 1.55 bits per heavy atom. The first-order chi connectivity index (χ1) is 5.11. The average Bonchev–Trinajstić information content (AvgIpc) is 2.39. The Balaban J connectivity index is 2.17. The van der Waals surface area contributed by atoms with Gasteiger partial charge in [-0.05, 0) is 0 Å². The molecule has 2 fully saturated rings. The summed E-state index contributed by atoms with van der Waals surface area (Å²) in [7, 11) is 0. The summed E-state index contributed by atoms with van der Waals surface area (Å²) in [5.41, 5.74) is 0. The summed E-state index contributed by atoms with van der Waals surface area (Å²) in [6, 6.07) is -0.579. The Labute approximate surface area is 62.3 Å². The number of nitrogens with one attached hydrogen (secondary N) is 1. The molecule has 3 atom stereocenters. The molecule has 0 unspecified atom stereocenters. The molecule has 0 spiro atoms. The number of rotatable bonds is 0. The molecule has 2 N–H and O–H groups in total. The lowest BCUT2D eigenvalue weighted by molar-refractivity contribution is -0.0910.